The number of fused-ring (bicyclic) bond motifs is 1. The number of ether oxygens (including phenoxy) is 1. The van der Waals surface area contributed by atoms with Gasteiger partial charge in [-0.1, -0.05) is 48.5 Å². The van der Waals surface area contributed by atoms with Gasteiger partial charge in [0.15, 0.2) is 5.92 Å². The first-order valence-corrected chi connectivity index (χ1v) is 7.70. The third-order valence-electron chi connectivity index (χ3n) is 4.72. The van der Waals surface area contributed by atoms with Gasteiger partial charge in [0.1, 0.15) is 5.54 Å². The fourth-order valence-electron chi connectivity index (χ4n) is 3.65. The van der Waals surface area contributed by atoms with Crippen molar-refractivity contribution in [1.82, 2.24) is 4.90 Å². The molecule has 2 unspecified atom stereocenters. The van der Waals surface area contributed by atoms with Gasteiger partial charge in [0.2, 0.25) is 0 Å². The topological polar surface area (TPSA) is 83.9 Å². The first-order chi connectivity index (χ1) is 12.0. The Morgan fingerprint density at radius 2 is 1.68 bits per heavy atom. The Balaban J connectivity index is 2.41. The molecule has 3 rings (SSSR count). The summed E-state index contributed by atoms with van der Waals surface area (Å²) in [6, 6.07) is 15.4. The molecule has 1 amide bonds. The molecule has 0 fully saturated rings. The molecule has 0 bridgehead atoms. The molecule has 2 aromatic carbocycles. The molecule has 1 aliphatic rings. The lowest BCUT2D eigenvalue weighted by Gasteiger charge is -2.40. The smallest absolute Gasteiger partial charge is 0.323 e. The summed E-state index contributed by atoms with van der Waals surface area (Å²) < 4.78 is 4.77. The minimum atomic E-state index is -1.60. The van der Waals surface area contributed by atoms with Gasteiger partial charge in [-0.25, -0.2) is 0 Å². The molecule has 1 heterocycles. The quantitative estimate of drug-likeness (QED) is 0.679. The minimum absolute atomic E-state index is 0.338. The van der Waals surface area contributed by atoms with E-state index in [0.29, 0.717) is 16.7 Å². The maximum atomic E-state index is 12.8. The van der Waals surface area contributed by atoms with Crippen molar-refractivity contribution in [2.45, 2.75) is 5.54 Å². The Kier molecular flexibility index (Phi) is 4.04. The van der Waals surface area contributed by atoms with Crippen molar-refractivity contribution >= 4 is 17.8 Å². The molecule has 0 saturated carbocycles. The van der Waals surface area contributed by atoms with Crippen molar-refractivity contribution in [3.05, 3.63) is 71.3 Å². The molecule has 0 aromatic heterocycles. The Labute approximate surface area is 144 Å². The van der Waals surface area contributed by atoms with Crippen LogP contribution in [0.4, 0.5) is 0 Å². The second-order valence-electron chi connectivity index (χ2n) is 5.84. The van der Waals surface area contributed by atoms with Crippen LogP contribution in [0.15, 0.2) is 54.6 Å². The molecule has 0 aliphatic carbocycles. The number of nitrogens with zero attached hydrogens (tertiary/aromatic N) is 1. The highest BCUT2D eigenvalue weighted by Gasteiger charge is 2.59. The van der Waals surface area contributed by atoms with Gasteiger partial charge in [0.05, 0.1) is 7.11 Å². The van der Waals surface area contributed by atoms with E-state index >= 15 is 0 Å². The van der Waals surface area contributed by atoms with Crippen LogP contribution >= 0.6 is 0 Å². The zero-order chi connectivity index (χ0) is 18.2. The van der Waals surface area contributed by atoms with Gasteiger partial charge in [-0.2, -0.15) is 0 Å². The SMILES string of the molecule is COC(=O)C(C(=O)O)C1(c2ccccc2)c2ccccc2C(=O)N1C. The predicted octanol–water partition coefficient (Wildman–Crippen LogP) is 1.89. The molecule has 2 atom stereocenters. The third-order valence-corrected chi connectivity index (χ3v) is 4.72. The fourth-order valence-corrected chi connectivity index (χ4v) is 3.65. The minimum Gasteiger partial charge on any atom is -0.481 e. The van der Waals surface area contributed by atoms with E-state index in [4.69, 9.17) is 4.74 Å². The Bertz CT molecular complexity index is 848. The van der Waals surface area contributed by atoms with Crippen molar-refractivity contribution in [2.24, 2.45) is 5.92 Å². The van der Waals surface area contributed by atoms with E-state index in [2.05, 4.69) is 0 Å². The van der Waals surface area contributed by atoms with Crippen LogP contribution in [0.3, 0.4) is 0 Å². The van der Waals surface area contributed by atoms with Crippen LogP contribution in [0.1, 0.15) is 21.5 Å². The summed E-state index contributed by atoms with van der Waals surface area (Å²) in [6.45, 7) is 0. The standard InChI is InChI=1S/C19H17NO5/c1-20-16(21)13-10-6-7-11-14(13)19(20,12-8-4-3-5-9-12)15(17(22)23)18(24)25-2/h3-11,15H,1-2H3,(H,22,23). The van der Waals surface area contributed by atoms with Gasteiger partial charge < -0.3 is 14.7 Å². The van der Waals surface area contributed by atoms with Crippen LogP contribution in [0.25, 0.3) is 0 Å². The number of benzene rings is 2. The van der Waals surface area contributed by atoms with Crippen LogP contribution in [-0.4, -0.2) is 42.0 Å². The maximum Gasteiger partial charge on any atom is 0.323 e. The molecule has 1 N–H and O–H groups in total. The zero-order valence-electron chi connectivity index (χ0n) is 13.8. The van der Waals surface area contributed by atoms with E-state index < -0.39 is 23.4 Å². The summed E-state index contributed by atoms with van der Waals surface area (Å²) in [7, 11) is 2.65. The van der Waals surface area contributed by atoms with E-state index in [-0.39, 0.29) is 5.91 Å². The highest BCUT2D eigenvalue weighted by Crippen LogP contribution is 2.48. The number of esters is 1. The predicted molar refractivity (Wildman–Crippen MR) is 88.9 cm³/mol. The van der Waals surface area contributed by atoms with Crippen molar-refractivity contribution in [3.8, 4) is 0 Å². The molecular formula is C19H17NO5. The number of carbonyl (C=O) groups is 3. The summed E-state index contributed by atoms with van der Waals surface area (Å²) >= 11 is 0. The molecule has 128 valence electrons. The van der Waals surface area contributed by atoms with Crippen LogP contribution in [0, 0.1) is 5.92 Å². The molecule has 6 heteroatoms. The number of aliphatic carboxylic acids is 1. The van der Waals surface area contributed by atoms with Crippen molar-refractivity contribution in [2.75, 3.05) is 14.2 Å². The number of amides is 1. The van der Waals surface area contributed by atoms with E-state index in [1.807, 2.05) is 0 Å². The van der Waals surface area contributed by atoms with Gasteiger partial charge in [-0.05, 0) is 17.2 Å². The highest BCUT2D eigenvalue weighted by atomic mass is 16.5. The fraction of sp³-hybridized carbons (Fsp3) is 0.211. The van der Waals surface area contributed by atoms with Gasteiger partial charge in [-0.3, -0.25) is 14.4 Å². The van der Waals surface area contributed by atoms with Gasteiger partial charge >= 0.3 is 11.9 Å². The molecule has 1 aliphatic heterocycles. The van der Waals surface area contributed by atoms with Crippen molar-refractivity contribution in [3.63, 3.8) is 0 Å². The molecule has 25 heavy (non-hydrogen) atoms. The van der Waals surface area contributed by atoms with Gasteiger partial charge in [0, 0.05) is 12.6 Å². The number of hydrogen-bond donors (Lipinski definition) is 1. The van der Waals surface area contributed by atoms with Crippen molar-refractivity contribution in [1.29, 1.82) is 0 Å². The zero-order valence-corrected chi connectivity index (χ0v) is 13.8. The molecular weight excluding hydrogens is 322 g/mol. The number of carboxylic acids is 1. The van der Waals surface area contributed by atoms with Crippen LogP contribution in [0.5, 0.6) is 0 Å². The monoisotopic (exact) mass is 339 g/mol. The number of methoxy groups -OCH3 is 1. The second kappa shape index (κ2) is 6.05. The van der Waals surface area contributed by atoms with E-state index in [9.17, 15) is 19.5 Å². The molecule has 0 radical (unpaired) electrons. The summed E-state index contributed by atoms with van der Waals surface area (Å²) in [4.78, 5) is 38.7. The van der Waals surface area contributed by atoms with Crippen LogP contribution < -0.4 is 0 Å². The second-order valence-corrected chi connectivity index (χ2v) is 5.84. The average molecular weight is 339 g/mol. The third kappa shape index (κ3) is 2.21. The van der Waals surface area contributed by atoms with E-state index in [1.54, 1.807) is 54.6 Å². The van der Waals surface area contributed by atoms with E-state index in [1.165, 1.54) is 11.9 Å². The Morgan fingerprint density at radius 3 is 2.28 bits per heavy atom. The summed E-state index contributed by atoms with van der Waals surface area (Å²) in [5.74, 6) is -4.20. The largest absolute Gasteiger partial charge is 0.481 e. The first-order valence-electron chi connectivity index (χ1n) is 7.70. The summed E-state index contributed by atoms with van der Waals surface area (Å²) in [6.07, 6.45) is 0. The van der Waals surface area contributed by atoms with E-state index in [0.717, 1.165) is 7.11 Å². The lowest BCUT2D eigenvalue weighted by molar-refractivity contribution is -0.162. The van der Waals surface area contributed by atoms with Gasteiger partial charge in [0.25, 0.3) is 5.91 Å². The lowest BCUT2D eigenvalue weighted by Crippen LogP contribution is -2.54. The number of hydrogen-bond acceptors (Lipinski definition) is 4. The number of carbonyl (C=O) groups excluding carboxylic acids is 2. The Morgan fingerprint density at radius 1 is 1.08 bits per heavy atom. The van der Waals surface area contributed by atoms with Crippen LogP contribution in [0.2, 0.25) is 0 Å². The normalized spacial score (nSPS) is 20.1. The first kappa shape index (κ1) is 16.7. The summed E-state index contributed by atoms with van der Waals surface area (Å²) in [5, 5.41) is 9.85. The molecule has 0 spiro atoms. The van der Waals surface area contributed by atoms with Crippen LogP contribution in [-0.2, 0) is 19.9 Å². The van der Waals surface area contributed by atoms with Gasteiger partial charge in [-0.15, -0.1) is 0 Å². The summed E-state index contributed by atoms with van der Waals surface area (Å²) in [5.41, 5.74) is -0.0856. The number of carboxylic acid groups (broad SMARTS) is 1. The highest BCUT2D eigenvalue weighted by molar-refractivity contribution is 6.05. The molecule has 0 saturated heterocycles. The maximum absolute atomic E-state index is 12.8. The lowest BCUT2D eigenvalue weighted by atomic mass is 9.73. The molecule has 2 aromatic rings. The average Bonchev–Trinajstić information content (AvgIpc) is 2.85. The molecule has 6 nitrogen and oxygen atoms in total. The Hall–Kier alpha value is -3.15. The van der Waals surface area contributed by atoms with Crippen molar-refractivity contribution < 1.29 is 24.2 Å². The number of rotatable bonds is 4.